The largest absolute Gasteiger partial charge is 0.475 e. The van der Waals surface area contributed by atoms with E-state index in [0.717, 1.165) is 6.08 Å². The van der Waals surface area contributed by atoms with E-state index in [4.69, 9.17) is 9.84 Å². The normalized spacial score (nSPS) is 22.1. The van der Waals surface area contributed by atoms with E-state index in [1.54, 1.807) is 24.3 Å². The van der Waals surface area contributed by atoms with Crippen molar-refractivity contribution < 1.29 is 24.5 Å². The SMILES string of the molecule is O=C(O)C(=O)C1(O)C=Cc2ccccc2O1. The van der Waals surface area contributed by atoms with Crippen molar-refractivity contribution in [2.75, 3.05) is 0 Å². The predicted octanol–water partition coefficient (Wildman–Crippen LogP) is 0.434. The molecule has 82 valence electrons. The van der Waals surface area contributed by atoms with Gasteiger partial charge in [-0.25, -0.2) is 4.79 Å². The third-order valence-electron chi connectivity index (χ3n) is 2.19. The Balaban J connectivity index is 2.39. The Hall–Kier alpha value is -2.14. The average molecular weight is 220 g/mol. The van der Waals surface area contributed by atoms with Crippen LogP contribution in [-0.4, -0.2) is 27.8 Å². The van der Waals surface area contributed by atoms with Crippen molar-refractivity contribution >= 4 is 17.8 Å². The summed E-state index contributed by atoms with van der Waals surface area (Å²) in [5, 5.41) is 18.2. The molecule has 1 aliphatic rings. The van der Waals surface area contributed by atoms with Gasteiger partial charge in [0.15, 0.2) is 0 Å². The van der Waals surface area contributed by atoms with Crippen molar-refractivity contribution in [3.05, 3.63) is 35.9 Å². The highest BCUT2D eigenvalue weighted by Gasteiger charge is 2.42. The third-order valence-corrected chi connectivity index (χ3v) is 2.19. The number of rotatable bonds is 2. The van der Waals surface area contributed by atoms with Gasteiger partial charge in [-0.3, -0.25) is 4.79 Å². The second kappa shape index (κ2) is 3.46. The lowest BCUT2D eigenvalue weighted by Crippen LogP contribution is -2.47. The van der Waals surface area contributed by atoms with E-state index < -0.39 is 17.5 Å². The van der Waals surface area contributed by atoms with E-state index in [-0.39, 0.29) is 5.75 Å². The molecule has 1 heterocycles. The molecule has 0 saturated heterocycles. The second-order valence-corrected chi connectivity index (χ2v) is 3.30. The van der Waals surface area contributed by atoms with Crippen LogP contribution in [0.1, 0.15) is 5.56 Å². The van der Waals surface area contributed by atoms with Crippen molar-refractivity contribution in [2.24, 2.45) is 0 Å². The van der Waals surface area contributed by atoms with Crippen molar-refractivity contribution in [1.82, 2.24) is 0 Å². The maximum Gasteiger partial charge on any atom is 0.379 e. The fourth-order valence-electron chi connectivity index (χ4n) is 1.39. The number of aliphatic carboxylic acids is 1. The Kier molecular flexibility index (Phi) is 2.25. The number of carbonyl (C=O) groups excluding carboxylic acids is 1. The number of hydrogen-bond acceptors (Lipinski definition) is 4. The summed E-state index contributed by atoms with van der Waals surface area (Å²) in [4.78, 5) is 21.7. The summed E-state index contributed by atoms with van der Waals surface area (Å²) in [6.45, 7) is 0. The molecule has 0 radical (unpaired) electrons. The number of carboxylic acid groups (broad SMARTS) is 1. The van der Waals surface area contributed by atoms with Gasteiger partial charge in [-0.15, -0.1) is 0 Å². The molecule has 0 aliphatic carbocycles. The molecule has 5 nitrogen and oxygen atoms in total. The molecule has 1 aromatic rings. The maximum atomic E-state index is 11.2. The van der Waals surface area contributed by atoms with Crippen molar-refractivity contribution in [1.29, 1.82) is 0 Å². The molecule has 0 fully saturated rings. The Morgan fingerprint density at radius 2 is 1.94 bits per heavy atom. The molecule has 0 bridgehead atoms. The summed E-state index contributed by atoms with van der Waals surface area (Å²) >= 11 is 0. The minimum atomic E-state index is -2.42. The average Bonchev–Trinajstić information content (AvgIpc) is 2.27. The number of carboxylic acids is 1. The first-order valence-corrected chi connectivity index (χ1v) is 4.50. The lowest BCUT2D eigenvalue weighted by molar-refractivity contribution is -0.171. The van der Waals surface area contributed by atoms with E-state index in [0.29, 0.717) is 5.56 Å². The predicted molar refractivity (Wildman–Crippen MR) is 53.7 cm³/mol. The molecule has 16 heavy (non-hydrogen) atoms. The highest BCUT2D eigenvalue weighted by Crippen LogP contribution is 2.29. The Labute approximate surface area is 90.6 Å². The lowest BCUT2D eigenvalue weighted by Gasteiger charge is -2.26. The van der Waals surface area contributed by atoms with Crippen LogP contribution in [0.3, 0.4) is 0 Å². The number of ketones is 1. The summed E-state index contributed by atoms with van der Waals surface area (Å²) in [6, 6.07) is 6.68. The monoisotopic (exact) mass is 220 g/mol. The molecule has 0 aromatic heterocycles. The molecule has 1 aliphatic heterocycles. The van der Waals surface area contributed by atoms with Crippen LogP contribution in [0, 0.1) is 0 Å². The van der Waals surface area contributed by atoms with E-state index in [1.165, 1.54) is 6.08 Å². The van der Waals surface area contributed by atoms with Crippen molar-refractivity contribution in [2.45, 2.75) is 5.79 Å². The van der Waals surface area contributed by atoms with Gasteiger partial charge in [0.05, 0.1) is 0 Å². The summed E-state index contributed by atoms with van der Waals surface area (Å²) in [5.41, 5.74) is 0.672. The quantitative estimate of drug-likeness (QED) is 0.706. The smallest absolute Gasteiger partial charge is 0.379 e. The summed E-state index contributed by atoms with van der Waals surface area (Å²) in [6.07, 6.45) is 2.46. The first-order valence-electron chi connectivity index (χ1n) is 4.50. The Bertz CT molecular complexity index is 491. The highest BCUT2D eigenvalue weighted by atomic mass is 16.6. The maximum absolute atomic E-state index is 11.2. The summed E-state index contributed by atoms with van der Waals surface area (Å²) in [5.74, 6) is -5.31. The topological polar surface area (TPSA) is 83.8 Å². The molecule has 0 amide bonds. The van der Waals surface area contributed by atoms with Gasteiger partial charge in [-0.2, -0.15) is 0 Å². The van der Waals surface area contributed by atoms with Crippen LogP contribution in [0.4, 0.5) is 0 Å². The first-order chi connectivity index (χ1) is 7.53. The van der Waals surface area contributed by atoms with Gasteiger partial charge < -0.3 is 14.9 Å². The molecule has 1 aromatic carbocycles. The van der Waals surface area contributed by atoms with Crippen LogP contribution >= 0.6 is 0 Å². The zero-order valence-corrected chi connectivity index (χ0v) is 8.08. The van der Waals surface area contributed by atoms with Gasteiger partial charge >= 0.3 is 11.8 Å². The fraction of sp³-hybridized carbons (Fsp3) is 0.0909. The molecule has 0 saturated carbocycles. The number of aliphatic hydroxyl groups is 1. The highest BCUT2D eigenvalue weighted by molar-refractivity contribution is 6.36. The first kappa shape index (κ1) is 10.4. The zero-order chi connectivity index (χ0) is 11.8. The van der Waals surface area contributed by atoms with E-state index in [2.05, 4.69) is 0 Å². The number of hydrogen-bond donors (Lipinski definition) is 2. The number of carbonyl (C=O) groups is 2. The number of para-hydroxylation sites is 1. The summed E-state index contributed by atoms with van der Waals surface area (Å²) in [7, 11) is 0. The van der Waals surface area contributed by atoms with Crippen LogP contribution in [0.5, 0.6) is 5.75 Å². The van der Waals surface area contributed by atoms with Gasteiger partial charge in [0, 0.05) is 5.56 Å². The van der Waals surface area contributed by atoms with Crippen molar-refractivity contribution in [3.63, 3.8) is 0 Å². The molecule has 5 heteroatoms. The standard InChI is InChI=1S/C11H8O5/c12-9(10(13)14)11(15)6-5-7-3-1-2-4-8(7)16-11/h1-6,15H,(H,13,14). The second-order valence-electron chi connectivity index (χ2n) is 3.30. The summed E-state index contributed by atoms with van der Waals surface area (Å²) < 4.78 is 4.98. The van der Waals surface area contributed by atoms with Crippen LogP contribution < -0.4 is 4.74 Å². The zero-order valence-electron chi connectivity index (χ0n) is 8.08. The molecule has 2 N–H and O–H groups in total. The van der Waals surface area contributed by atoms with Gasteiger partial charge in [0.2, 0.25) is 0 Å². The molecule has 2 rings (SSSR count). The molecular weight excluding hydrogens is 212 g/mol. The van der Waals surface area contributed by atoms with Gasteiger partial charge in [-0.05, 0) is 18.2 Å². The minimum Gasteiger partial charge on any atom is -0.475 e. The molecule has 1 atom stereocenters. The van der Waals surface area contributed by atoms with E-state index in [1.807, 2.05) is 0 Å². The van der Waals surface area contributed by atoms with Crippen LogP contribution in [-0.2, 0) is 9.59 Å². The van der Waals surface area contributed by atoms with E-state index >= 15 is 0 Å². The molecule has 1 unspecified atom stereocenters. The van der Waals surface area contributed by atoms with Crippen LogP contribution in [0.2, 0.25) is 0 Å². The van der Waals surface area contributed by atoms with E-state index in [9.17, 15) is 14.7 Å². The van der Waals surface area contributed by atoms with Crippen molar-refractivity contribution in [3.8, 4) is 5.75 Å². The number of fused-ring (bicyclic) bond motifs is 1. The lowest BCUT2D eigenvalue weighted by atomic mass is 10.0. The fourth-order valence-corrected chi connectivity index (χ4v) is 1.39. The van der Waals surface area contributed by atoms with Gasteiger partial charge in [0.25, 0.3) is 5.79 Å². The number of benzene rings is 1. The van der Waals surface area contributed by atoms with Crippen LogP contribution in [0.15, 0.2) is 30.3 Å². The van der Waals surface area contributed by atoms with Crippen LogP contribution in [0.25, 0.3) is 6.08 Å². The Morgan fingerprint density at radius 3 is 2.62 bits per heavy atom. The molecule has 0 spiro atoms. The Morgan fingerprint density at radius 1 is 1.25 bits per heavy atom. The number of Topliss-reactive ketones (excluding diaryl/α,β-unsaturated/α-hetero) is 1. The third kappa shape index (κ3) is 1.57. The number of ether oxygens (including phenoxy) is 1. The molecular formula is C11H8O5. The van der Waals surface area contributed by atoms with Gasteiger partial charge in [0.1, 0.15) is 5.75 Å². The van der Waals surface area contributed by atoms with Gasteiger partial charge in [-0.1, -0.05) is 18.2 Å². The minimum absolute atomic E-state index is 0.266.